The van der Waals surface area contributed by atoms with Crippen molar-refractivity contribution in [3.8, 4) is 0 Å². The molecule has 0 aliphatic heterocycles. The Morgan fingerprint density at radius 3 is 2.81 bits per heavy atom. The number of imidazole rings is 1. The quantitative estimate of drug-likeness (QED) is 0.675. The summed E-state index contributed by atoms with van der Waals surface area (Å²) in [6.07, 6.45) is 1.38. The van der Waals surface area contributed by atoms with Crippen molar-refractivity contribution in [3.05, 3.63) is 40.8 Å². The van der Waals surface area contributed by atoms with Crippen LogP contribution in [0.3, 0.4) is 0 Å². The van der Waals surface area contributed by atoms with Gasteiger partial charge in [-0.15, -0.1) is 11.6 Å². The molecule has 0 aliphatic rings. The van der Waals surface area contributed by atoms with Crippen LogP contribution < -0.4 is 0 Å². The van der Waals surface area contributed by atoms with Gasteiger partial charge >= 0.3 is 0 Å². The fourth-order valence-electron chi connectivity index (χ4n) is 2.33. The van der Waals surface area contributed by atoms with Crippen molar-refractivity contribution in [2.75, 3.05) is 5.88 Å². The minimum absolute atomic E-state index is 0.526. The van der Waals surface area contributed by atoms with E-state index in [1.807, 2.05) is 18.2 Å². The molecule has 0 fully saturated rings. The van der Waals surface area contributed by atoms with Gasteiger partial charge in [0.2, 0.25) is 5.89 Å². The SMILES string of the molecule is Cc1nc(CCn2c(CCCl)nc3ccc(Cl)cc32)no1. The lowest BCUT2D eigenvalue weighted by molar-refractivity contribution is 0.386. The van der Waals surface area contributed by atoms with Gasteiger partial charge in [-0.1, -0.05) is 16.8 Å². The Morgan fingerprint density at radius 1 is 1.24 bits per heavy atom. The predicted molar refractivity (Wildman–Crippen MR) is 81.9 cm³/mol. The molecule has 5 nitrogen and oxygen atoms in total. The zero-order chi connectivity index (χ0) is 14.8. The van der Waals surface area contributed by atoms with E-state index < -0.39 is 0 Å². The summed E-state index contributed by atoms with van der Waals surface area (Å²) in [5.41, 5.74) is 1.92. The first-order valence-corrected chi connectivity index (χ1v) is 7.58. The highest BCUT2D eigenvalue weighted by Crippen LogP contribution is 2.21. The Balaban J connectivity index is 1.94. The molecule has 0 radical (unpaired) electrons. The summed E-state index contributed by atoms with van der Waals surface area (Å²) in [7, 11) is 0. The standard InChI is InChI=1S/C14H14Cl2N4O/c1-9-17-13(19-21-9)5-7-20-12-8-10(16)2-3-11(12)18-14(20)4-6-15/h2-3,8H,4-7H2,1H3. The highest BCUT2D eigenvalue weighted by molar-refractivity contribution is 6.31. The third kappa shape index (κ3) is 3.04. The smallest absolute Gasteiger partial charge is 0.223 e. The molecule has 0 unspecified atom stereocenters. The van der Waals surface area contributed by atoms with Crippen LogP contribution in [0.25, 0.3) is 11.0 Å². The van der Waals surface area contributed by atoms with Gasteiger partial charge < -0.3 is 9.09 Å². The zero-order valence-corrected chi connectivity index (χ0v) is 13.0. The number of fused-ring (bicyclic) bond motifs is 1. The topological polar surface area (TPSA) is 56.7 Å². The molecule has 0 spiro atoms. The first kappa shape index (κ1) is 14.4. The Hall–Kier alpha value is -1.59. The van der Waals surface area contributed by atoms with Gasteiger partial charge in [-0.05, 0) is 18.2 Å². The van der Waals surface area contributed by atoms with Crippen LogP contribution in [0, 0.1) is 6.92 Å². The Labute approximate surface area is 131 Å². The molecule has 2 heterocycles. The fraction of sp³-hybridized carbons (Fsp3) is 0.357. The van der Waals surface area contributed by atoms with Crippen molar-refractivity contribution < 1.29 is 4.52 Å². The number of alkyl halides is 1. The summed E-state index contributed by atoms with van der Waals surface area (Å²) in [6, 6.07) is 5.68. The van der Waals surface area contributed by atoms with Crippen molar-refractivity contribution in [3.63, 3.8) is 0 Å². The molecule has 7 heteroatoms. The van der Waals surface area contributed by atoms with Crippen molar-refractivity contribution in [1.82, 2.24) is 19.7 Å². The molecule has 0 N–H and O–H groups in total. The van der Waals surface area contributed by atoms with Gasteiger partial charge in [0.15, 0.2) is 5.82 Å². The predicted octanol–water partition coefficient (Wildman–Crippen LogP) is 3.41. The monoisotopic (exact) mass is 324 g/mol. The zero-order valence-electron chi connectivity index (χ0n) is 11.5. The van der Waals surface area contributed by atoms with E-state index in [0.29, 0.717) is 42.0 Å². The molecule has 0 amide bonds. The average molecular weight is 325 g/mol. The summed E-state index contributed by atoms with van der Waals surface area (Å²) >= 11 is 12.0. The van der Waals surface area contributed by atoms with E-state index in [0.717, 1.165) is 16.9 Å². The number of benzene rings is 1. The second-order valence-electron chi connectivity index (χ2n) is 4.73. The molecule has 0 atom stereocenters. The van der Waals surface area contributed by atoms with Crippen molar-refractivity contribution in [2.24, 2.45) is 0 Å². The minimum atomic E-state index is 0.526. The third-order valence-corrected chi connectivity index (χ3v) is 3.66. The lowest BCUT2D eigenvalue weighted by Crippen LogP contribution is -2.07. The largest absolute Gasteiger partial charge is 0.340 e. The number of aryl methyl sites for hydroxylation is 4. The summed E-state index contributed by atoms with van der Waals surface area (Å²) in [4.78, 5) is 8.84. The number of nitrogens with zero attached hydrogens (tertiary/aromatic N) is 4. The van der Waals surface area contributed by atoms with E-state index in [1.54, 1.807) is 6.92 Å². The first-order chi connectivity index (χ1) is 10.2. The van der Waals surface area contributed by atoms with E-state index in [-0.39, 0.29) is 0 Å². The number of hydrogen-bond donors (Lipinski definition) is 0. The highest BCUT2D eigenvalue weighted by atomic mass is 35.5. The average Bonchev–Trinajstić information content (AvgIpc) is 3.01. The molecular formula is C14H14Cl2N4O. The summed E-state index contributed by atoms with van der Waals surface area (Å²) in [6.45, 7) is 2.49. The maximum absolute atomic E-state index is 6.09. The van der Waals surface area contributed by atoms with E-state index in [2.05, 4.69) is 19.7 Å². The van der Waals surface area contributed by atoms with E-state index in [1.165, 1.54) is 0 Å². The number of hydrogen-bond acceptors (Lipinski definition) is 4. The molecule has 0 bridgehead atoms. The van der Waals surface area contributed by atoms with Crippen LogP contribution >= 0.6 is 23.2 Å². The van der Waals surface area contributed by atoms with Gasteiger partial charge in [-0.2, -0.15) is 4.98 Å². The van der Waals surface area contributed by atoms with Crippen LogP contribution in [0.4, 0.5) is 0 Å². The van der Waals surface area contributed by atoms with Crippen LogP contribution in [-0.4, -0.2) is 25.6 Å². The van der Waals surface area contributed by atoms with Crippen molar-refractivity contribution in [1.29, 1.82) is 0 Å². The molecule has 1 aromatic carbocycles. The van der Waals surface area contributed by atoms with Crippen LogP contribution in [0.1, 0.15) is 17.5 Å². The molecule has 21 heavy (non-hydrogen) atoms. The Bertz CT molecular complexity index is 766. The van der Waals surface area contributed by atoms with Crippen LogP contribution in [-0.2, 0) is 19.4 Å². The Kier molecular flexibility index (Phi) is 4.12. The van der Waals surface area contributed by atoms with Crippen molar-refractivity contribution >= 4 is 34.2 Å². The maximum atomic E-state index is 6.09. The second kappa shape index (κ2) is 6.03. The molecule has 110 valence electrons. The summed E-state index contributed by atoms with van der Waals surface area (Å²) < 4.78 is 7.11. The van der Waals surface area contributed by atoms with Crippen LogP contribution in [0.5, 0.6) is 0 Å². The highest BCUT2D eigenvalue weighted by Gasteiger charge is 2.12. The summed E-state index contributed by atoms with van der Waals surface area (Å²) in [5, 5.41) is 4.61. The van der Waals surface area contributed by atoms with Gasteiger partial charge in [-0.25, -0.2) is 4.98 Å². The van der Waals surface area contributed by atoms with E-state index in [4.69, 9.17) is 27.7 Å². The van der Waals surface area contributed by atoms with Gasteiger partial charge in [0.1, 0.15) is 5.82 Å². The summed E-state index contributed by atoms with van der Waals surface area (Å²) in [5.74, 6) is 2.73. The van der Waals surface area contributed by atoms with Crippen LogP contribution in [0.15, 0.2) is 22.7 Å². The lowest BCUT2D eigenvalue weighted by Gasteiger charge is -2.07. The maximum Gasteiger partial charge on any atom is 0.223 e. The minimum Gasteiger partial charge on any atom is -0.340 e. The molecular weight excluding hydrogens is 311 g/mol. The molecule has 0 saturated heterocycles. The molecule has 3 rings (SSSR count). The van der Waals surface area contributed by atoms with Gasteiger partial charge in [0.25, 0.3) is 0 Å². The van der Waals surface area contributed by atoms with E-state index >= 15 is 0 Å². The lowest BCUT2D eigenvalue weighted by atomic mass is 10.3. The second-order valence-corrected chi connectivity index (χ2v) is 5.55. The van der Waals surface area contributed by atoms with E-state index in [9.17, 15) is 0 Å². The van der Waals surface area contributed by atoms with Gasteiger partial charge in [0.05, 0.1) is 11.0 Å². The van der Waals surface area contributed by atoms with Crippen molar-refractivity contribution in [2.45, 2.75) is 26.3 Å². The molecule has 0 saturated carbocycles. The fourth-order valence-corrected chi connectivity index (χ4v) is 2.66. The number of aromatic nitrogens is 4. The number of rotatable bonds is 5. The Morgan fingerprint density at radius 2 is 2.10 bits per heavy atom. The molecule has 2 aromatic heterocycles. The molecule has 3 aromatic rings. The first-order valence-electron chi connectivity index (χ1n) is 6.67. The third-order valence-electron chi connectivity index (χ3n) is 3.24. The molecule has 0 aliphatic carbocycles. The number of halogens is 2. The van der Waals surface area contributed by atoms with Gasteiger partial charge in [-0.3, -0.25) is 0 Å². The van der Waals surface area contributed by atoms with Crippen LogP contribution in [0.2, 0.25) is 5.02 Å². The van der Waals surface area contributed by atoms with Gasteiger partial charge in [0, 0.05) is 37.2 Å². The normalized spacial score (nSPS) is 11.4.